The zero-order valence-corrected chi connectivity index (χ0v) is 18.1. The molecule has 2 heterocycles. The minimum absolute atomic E-state index is 0.115. The maximum Gasteiger partial charge on any atom is 0.257 e. The lowest BCUT2D eigenvalue weighted by Gasteiger charge is -2.11. The van der Waals surface area contributed by atoms with Gasteiger partial charge in [-0.2, -0.15) is 8.75 Å². The van der Waals surface area contributed by atoms with E-state index in [1.165, 1.54) is 11.3 Å². The second kappa shape index (κ2) is 7.99. The van der Waals surface area contributed by atoms with Crippen LogP contribution in [0.5, 0.6) is 5.75 Å². The van der Waals surface area contributed by atoms with Gasteiger partial charge in [0.05, 0.1) is 27.5 Å². The Labute approximate surface area is 189 Å². The van der Waals surface area contributed by atoms with E-state index in [-0.39, 0.29) is 16.8 Å². The van der Waals surface area contributed by atoms with Gasteiger partial charge in [-0.25, -0.2) is 4.98 Å². The van der Waals surface area contributed by atoms with Crippen LogP contribution in [0.3, 0.4) is 0 Å². The van der Waals surface area contributed by atoms with Gasteiger partial charge in [0.25, 0.3) is 5.91 Å². The van der Waals surface area contributed by atoms with E-state index in [0.29, 0.717) is 27.3 Å². The predicted octanol–water partition coefficient (Wildman–Crippen LogP) is 4.80. The standard InChI is InChI=1S/C21H13N5O2S3/c27-17-8-6-12(10-13(17)20-23-15-3-1-2-4-18(15)30-20)22-21(29)24-19(28)11-5-7-14-16(9-11)26-31-25-14/h1-10,27H,(H2,22,24,28,29). The number of nitrogens with zero attached hydrogens (tertiary/aromatic N) is 3. The molecule has 10 heteroatoms. The fourth-order valence-electron chi connectivity index (χ4n) is 3.03. The highest BCUT2D eigenvalue weighted by atomic mass is 32.1. The highest BCUT2D eigenvalue weighted by Crippen LogP contribution is 2.36. The van der Waals surface area contributed by atoms with Crippen LogP contribution in [0.4, 0.5) is 5.69 Å². The van der Waals surface area contributed by atoms with Gasteiger partial charge in [0.2, 0.25) is 0 Å². The van der Waals surface area contributed by atoms with Crippen molar-refractivity contribution >= 4 is 73.2 Å². The number of carbonyl (C=O) groups is 1. The van der Waals surface area contributed by atoms with Crippen molar-refractivity contribution < 1.29 is 9.90 Å². The Morgan fingerprint density at radius 1 is 0.968 bits per heavy atom. The molecule has 3 aromatic carbocycles. The smallest absolute Gasteiger partial charge is 0.257 e. The zero-order chi connectivity index (χ0) is 21.4. The number of para-hydroxylation sites is 1. The SMILES string of the molecule is O=C(NC(=S)Nc1ccc(O)c(-c2nc3ccccc3s2)c1)c1ccc2nsnc2c1. The molecule has 0 aliphatic heterocycles. The monoisotopic (exact) mass is 463 g/mol. The van der Waals surface area contributed by atoms with E-state index < -0.39 is 0 Å². The Morgan fingerprint density at radius 2 is 1.81 bits per heavy atom. The maximum absolute atomic E-state index is 12.5. The number of aromatic nitrogens is 3. The largest absolute Gasteiger partial charge is 0.507 e. The molecule has 152 valence electrons. The molecule has 0 bridgehead atoms. The van der Waals surface area contributed by atoms with Crippen molar-refractivity contribution in [3.8, 4) is 16.3 Å². The first-order valence-corrected chi connectivity index (χ1v) is 11.1. The molecule has 0 radical (unpaired) electrons. The Kier molecular flexibility index (Phi) is 5.02. The van der Waals surface area contributed by atoms with E-state index in [9.17, 15) is 9.90 Å². The summed E-state index contributed by atoms with van der Waals surface area (Å²) in [6.07, 6.45) is 0. The molecule has 5 aromatic rings. The van der Waals surface area contributed by atoms with Crippen molar-refractivity contribution in [3.63, 3.8) is 0 Å². The normalized spacial score (nSPS) is 11.0. The van der Waals surface area contributed by atoms with Gasteiger partial charge in [0, 0.05) is 11.3 Å². The summed E-state index contributed by atoms with van der Waals surface area (Å²) in [5.41, 5.74) is 3.92. The second-order valence-electron chi connectivity index (χ2n) is 6.59. The minimum atomic E-state index is -0.349. The quantitative estimate of drug-likeness (QED) is 0.261. The lowest BCUT2D eigenvalue weighted by atomic mass is 10.2. The summed E-state index contributed by atoms with van der Waals surface area (Å²) < 4.78 is 9.30. The van der Waals surface area contributed by atoms with E-state index in [1.54, 1.807) is 36.4 Å². The number of anilines is 1. The topological polar surface area (TPSA) is 100 Å². The van der Waals surface area contributed by atoms with Crippen LogP contribution < -0.4 is 10.6 Å². The zero-order valence-electron chi connectivity index (χ0n) is 15.7. The lowest BCUT2D eigenvalue weighted by molar-refractivity contribution is 0.0978. The number of fused-ring (bicyclic) bond motifs is 2. The first-order valence-electron chi connectivity index (χ1n) is 9.10. The van der Waals surface area contributed by atoms with Crippen LogP contribution in [0.25, 0.3) is 31.8 Å². The van der Waals surface area contributed by atoms with Crippen LogP contribution in [-0.2, 0) is 0 Å². The molecule has 3 N–H and O–H groups in total. The van der Waals surface area contributed by atoms with Crippen LogP contribution in [0.15, 0.2) is 60.7 Å². The summed E-state index contributed by atoms with van der Waals surface area (Å²) >= 11 is 7.88. The number of hydrogen-bond donors (Lipinski definition) is 3. The van der Waals surface area contributed by atoms with Gasteiger partial charge in [-0.05, 0) is 60.7 Å². The van der Waals surface area contributed by atoms with Crippen LogP contribution in [-0.4, -0.2) is 29.9 Å². The molecule has 0 spiro atoms. The van der Waals surface area contributed by atoms with E-state index >= 15 is 0 Å². The Morgan fingerprint density at radius 3 is 2.68 bits per heavy atom. The first-order chi connectivity index (χ1) is 15.1. The molecule has 0 saturated heterocycles. The number of rotatable bonds is 3. The summed E-state index contributed by atoms with van der Waals surface area (Å²) in [5.74, 6) is -0.234. The van der Waals surface area contributed by atoms with Crippen molar-refractivity contribution in [1.29, 1.82) is 0 Å². The van der Waals surface area contributed by atoms with Crippen molar-refractivity contribution in [1.82, 2.24) is 19.0 Å². The third-order valence-corrected chi connectivity index (χ3v) is 6.35. The highest BCUT2D eigenvalue weighted by Gasteiger charge is 2.13. The van der Waals surface area contributed by atoms with Crippen LogP contribution in [0.2, 0.25) is 0 Å². The molecule has 2 aromatic heterocycles. The molecular weight excluding hydrogens is 450 g/mol. The highest BCUT2D eigenvalue weighted by molar-refractivity contribution is 7.80. The first kappa shape index (κ1) is 19.5. The number of amides is 1. The summed E-state index contributed by atoms with van der Waals surface area (Å²) in [6, 6.07) is 17.9. The number of benzene rings is 3. The van der Waals surface area contributed by atoms with Crippen molar-refractivity contribution in [2.24, 2.45) is 0 Å². The summed E-state index contributed by atoms with van der Waals surface area (Å²) in [7, 11) is 0. The number of aromatic hydroxyl groups is 1. The molecule has 0 unspecified atom stereocenters. The average Bonchev–Trinajstić information content (AvgIpc) is 3.41. The van der Waals surface area contributed by atoms with Gasteiger partial charge < -0.3 is 10.4 Å². The van der Waals surface area contributed by atoms with Gasteiger partial charge in [0.1, 0.15) is 21.8 Å². The predicted molar refractivity (Wildman–Crippen MR) is 128 cm³/mol. The Balaban J connectivity index is 1.34. The Hall–Kier alpha value is -3.47. The summed E-state index contributed by atoms with van der Waals surface area (Å²) in [6.45, 7) is 0. The van der Waals surface area contributed by atoms with E-state index in [4.69, 9.17) is 12.2 Å². The van der Waals surface area contributed by atoms with Crippen LogP contribution in [0, 0.1) is 0 Å². The summed E-state index contributed by atoms with van der Waals surface area (Å²) in [5, 5.41) is 16.8. The maximum atomic E-state index is 12.5. The Bertz CT molecular complexity index is 1430. The van der Waals surface area contributed by atoms with E-state index in [2.05, 4.69) is 24.4 Å². The van der Waals surface area contributed by atoms with Crippen molar-refractivity contribution in [3.05, 3.63) is 66.2 Å². The van der Waals surface area contributed by atoms with Gasteiger partial charge in [0.15, 0.2) is 5.11 Å². The van der Waals surface area contributed by atoms with E-state index in [1.807, 2.05) is 24.3 Å². The number of thiazole rings is 1. The van der Waals surface area contributed by atoms with Gasteiger partial charge >= 0.3 is 0 Å². The number of nitrogens with one attached hydrogen (secondary N) is 2. The molecule has 0 aliphatic carbocycles. The molecule has 1 amide bonds. The average molecular weight is 464 g/mol. The molecule has 0 fully saturated rings. The number of carbonyl (C=O) groups excluding carboxylic acids is 1. The lowest BCUT2D eigenvalue weighted by Crippen LogP contribution is -2.34. The molecule has 5 rings (SSSR count). The third kappa shape index (κ3) is 3.96. The van der Waals surface area contributed by atoms with Crippen LogP contribution in [0.1, 0.15) is 10.4 Å². The number of phenols is 1. The number of phenolic OH excluding ortho intramolecular Hbond substituents is 1. The van der Waals surface area contributed by atoms with Gasteiger partial charge in [-0.1, -0.05) is 12.1 Å². The second-order valence-corrected chi connectivity index (χ2v) is 8.56. The molecule has 0 aliphatic rings. The molecule has 0 saturated carbocycles. The van der Waals surface area contributed by atoms with Gasteiger partial charge in [-0.3, -0.25) is 10.1 Å². The van der Waals surface area contributed by atoms with Crippen molar-refractivity contribution in [2.45, 2.75) is 0 Å². The van der Waals surface area contributed by atoms with E-state index in [0.717, 1.165) is 27.5 Å². The molecule has 0 atom stereocenters. The number of thiocarbonyl (C=S) groups is 1. The third-order valence-electron chi connectivity index (χ3n) is 4.52. The molecular formula is C21H13N5O2S3. The fraction of sp³-hybridized carbons (Fsp3) is 0. The molecule has 31 heavy (non-hydrogen) atoms. The van der Waals surface area contributed by atoms with Gasteiger partial charge in [-0.15, -0.1) is 11.3 Å². The fourth-order valence-corrected chi connectivity index (χ4v) is 4.75. The van der Waals surface area contributed by atoms with Crippen LogP contribution >= 0.6 is 35.3 Å². The number of hydrogen-bond acceptors (Lipinski definition) is 8. The van der Waals surface area contributed by atoms with Crippen molar-refractivity contribution in [2.75, 3.05) is 5.32 Å². The summed E-state index contributed by atoms with van der Waals surface area (Å²) in [4.78, 5) is 17.1. The minimum Gasteiger partial charge on any atom is -0.507 e. The molecule has 7 nitrogen and oxygen atoms in total.